The summed E-state index contributed by atoms with van der Waals surface area (Å²) >= 11 is 0. The summed E-state index contributed by atoms with van der Waals surface area (Å²) in [6.07, 6.45) is 2.29. The van der Waals surface area contributed by atoms with E-state index in [9.17, 15) is 9.59 Å². The summed E-state index contributed by atoms with van der Waals surface area (Å²) in [5, 5.41) is 0. The van der Waals surface area contributed by atoms with Gasteiger partial charge in [-0.3, -0.25) is 14.5 Å². The minimum absolute atomic E-state index is 0.00340. The Labute approximate surface area is 131 Å². The van der Waals surface area contributed by atoms with Gasteiger partial charge in [-0.25, -0.2) is 4.90 Å². The van der Waals surface area contributed by atoms with Gasteiger partial charge in [0, 0.05) is 12.6 Å². The highest BCUT2D eigenvalue weighted by atomic mass is 16.2. The molecule has 3 fully saturated rings. The van der Waals surface area contributed by atoms with Crippen LogP contribution in [0.15, 0.2) is 30.3 Å². The van der Waals surface area contributed by atoms with Crippen molar-refractivity contribution in [2.75, 3.05) is 18.0 Å². The van der Waals surface area contributed by atoms with E-state index in [0.717, 1.165) is 25.9 Å². The first-order valence-electron chi connectivity index (χ1n) is 8.17. The van der Waals surface area contributed by atoms with Crippen LogP contribution in [0.3, 0.4) is 0 Å². The summed E-state index contributed by atoms with van der Waals surface area (Å²) in [7, 11) is 0. The van der Waals surface area contributed by atoms with Crippen LogP contribution in [0.4, 0.5) is 5.69 Å². The molecule has 2 amide bonds. The highest BCUT2D eigenvalue weighted by molar-refractivity contribution is 6.22. The second kappa shape index (κ2) is 4.66. The molecule has 3 aliphatic rings. The largest absolute Gasteiger partial charge is 0.298 e. The summed E-state index contributed by atoms with van der Waals surface area (Å²) in [5.74, 6) is -0.326. The first-order chi connectivity index (χ1) is 10.5. The number of rotatable bonds is 1. The second-order valence-electron chi connectivity index (χ2n) is 7.51. The van der Waals surface area contributed by atoms with Crippen LogP contribution in [-0.4, -0.2) is 35.8 Å². The number of para-hydroxylation sites is 1. The van der Waals surface area contributed by atoms with Crippen molar-refractivity contribution in [1.82, 2.24) is 4.90 Å². The van der Waals surface area contributed by atoms with E-state index < -0.39 is 0 Å². The number of piperidine rings is 1. The molecule has 3 heterocycles. The van der Waals surface area contributed by atoms with E-state index in [-0.39, 0.29) is 35.1 Å². The van der Waals surface area contributed by atoms with Crippen LogP contribution in [0.2, 0.25) is 0 Å². The van der Waals surface area contributed by atoms with Gasteiger partial charge >= 0.3 is 0 Å². The predicted octanol–water partition coefficient (Wildman–Crippen LogP) is 2.30. The third-order valence-corrected chi connectivity index (χ3v) is 5.72. The molecule has 0 spiro atoms. The summed E-state index contributed by atoms with van der Waals surface area (Å²) in [4.78, 5) is 29.7. The molecule has 1 aromatic rings. The molecule has 0 radical (unpaired) electrons. The Kier molecular flexibility index (Phi) is 2.95. The Morgan fingerprint density at radius 1 is 1.09 bits per heavy atom. The number of hydrogen-bond donors (Lipinski definition) is 0. The van der Waals surface area contributed by atoms with Crippen molar-refractivity contribution in [2.24, 2.45) is 17.3 Å². The standard InChI is InChI=1S/C18H22N2O2/c1-18(2)9-6-10-19-11-13-14(15(18)19)17(22)20(16(13)21)12-7-4-3-5-8-12/h3-5,7-8,13-15H,6,9-11H2,1-2H3/t13-,14-,15-/m0/s1. The minimum atomic E-state index is -0.164. The van der Waals surface area contributed by atoms with Gasteiger partial charge in [-0.2, -0.15) is 0 Å². The highest BCUT2D eigenvalue weighted by Gasteiger charge is 2.61. The number of imide groups is 1. The summed E-state index contributed by atoms with van der Waals surface area (Å²) in [6.45, 7) is 6.25. The van der Waals surface area contributed by atoms with E-state index in [1.807, 2.05) is 30.3 Å². The first-order valence-corrected chi connectivity index (χ1v) is 8.17. The topological polar surface area (TPSA) is 40.6 Å². The van der Waals surface area contributed by atoms with Gasteiger partial charge in [0.25, 0.3) is 0 Å². The molecule has 22 heavy (non-hydrogen) atoms. The molecule has 0 saturated carbocycles. The third-order valence-electron chi connectivity index (χ3n) is 5.72. The third kappa shape index (κ3) is 1.80. The lowest BCUT2D eigenvalue weighted by atomic mass is 9.71. The Morgan fingerprint density at radius 3 is 2.55 bits per heavy atom. The zero-order valence-corrected chi connectivity index (χ0v) is 13.2. The molecule has 0 aromatic heterocycles. The van der Waals surface area contributed by atoms with Gasteiger partial charge in [0.2, 0.25) is 11.8 Å². The monoisotopic (exact) mass is 298 g/mol. The Hall–Kier alpha value is -1.68. The maximum absolute atomic E-state index is 13.0. The molecule has 0 bridgehead atoms. The van der Waals surface area contributed by atoms with Crippen LogP contribution in [0.1, 0.15) is 26.7 Å². The smallest absolute Gasteiger partial charge is 0.239 e. The van der Waals surface area contributed by atoms with E-state index in [0.29, 0.717) is 5.69 Å². The van der Waals surface area contributed by atoms with Gasteiger partial charge in [-0.15, -0.1) is 0 Å². The molecule has 0 aliphatic carbocycles. The molecule has 0 unspecified atom stereocenters. The average molecular weight is 298 g/mol. The van der Waals surface area contributed by atoms with Crippen LogP contribution < -0.4 is 4.90 Å². The SMILES string of the molecule is CC1(C)CCCN2C[C@@H]3C(=O)N(c4ccccc4)C(=O)[C@@H]3[C@H]21. The van der Waals surface area contributed by atoms with Crippen molar-refractivity contribution in [3.63, 3.8) is 0 Å². The zero-order valence-electron chi connectivity index (χ0n) is 13.2. The lowest BCUT2D eigenvalue weighted by Crippen LogP contribution is -2.51. The quantitative estimate of drug-likeness (QED) is 0.747. The van der Waals surface area contributed by atoms with E-state index in [1.54, 1.807) is 0 Å². The highest BCUT2D eigenvalue weighted by Crippen LogP contribution is 2.49. The van der Waals surface area contributed by atoms with Crippen molar-refractivity contribution >= 4 is 17.5 Å². The number of fused-ring (bicyclic) bond motifs is 3. The van der Waals surface area contributed by atoms with Gasteiger partial charge in [-0.1, -0.05) is 32.0 Å². The molecule has 4 nitrogen and oxygen atoms in total. The fraction of sp³-hybridized carbons (Fsp3) is 0.556. The molecule has 4 rings (SSSR count). The number of amides is 2. The number of hydrogen-bond acceptors (Lipinski definition) is 3. The molecule has 116 valence electrons. The molecule has 3 saturated heterocycles. The molecule has 1 aromatic carbocycles. The maximum Gasteiger partial charge on any atom is 0.239 e. The van der Waals surface area contributed by atoms with Gasteiger partial charge in [0.1, 0.15) is 0 Å². The molecular formula is C18H22N2O2. The fourth-order valence-electron chi connectivity index (χ4n) is 4.82. The first kappa shape index (κ1) is 13.9. The maximum atomic E-state index is 13.0. The molecule has 3 aliphatic heterocycles. The molecule has 0 N–H and O–H groups in total. The van der Waals surface area contributed by atoms with Crippen molar-refractivity contribution in [3.8, 4) is 0 Å². The summed E-state index contributed by atoms with van der Waals surface area (Å²) in [6, 6.07) is 9.56. The number of carbonyl (C=O) groups is 2. The molecular weight excluding hydrogens is 276 g/mol. The van der Waals surface area contributed by atoms with Crippen LogP contribution in [-0.2, 0) is 9.59 Å². The Bertz CT molecular complexity index is 625. The lowest BCUT2D eigenvalue weighted by molar-refractivity contribution is -0.124. The zero-order chi connectivity index (χ0) is 15.5. The van der Waals surface area contributed by atoms with Crippen molar-refractivity contribution in [3.05, 3.63) is 30.3 Å². The van der Waals surface area contributed by atoms with Gasteiger partial charge in [0.15, 0.2) is 0 Å². The van der Waals surface area contributed by atoms with E-state index in [2.05, 4.69) is 18.7 Å². The Balaban J connectivity index is 1.72. The van der Waals surface area contributed by atoms with Gasteiger partial charge in [-0.05, 0) is 36.9 Å². The van der Waals surface area contributed by atoms with E-state index in [1.165, 1.54) is 4.90 Å². The lowest BCUT2D eigenvalue weighted by Gasteiger charge is -2.44. The minimum Gasteiger partial charge on any atom is -0.298 e. The number of benzene rings is 1. The van der Waals surface area contributed by atoms with Crippen LogP contribution >= 0.6 is 0 Å². The van der Waals surface area contributed by atoms with Crippen LogP contribution in [0, 0.1) is 17.3 Å². The van der Waals surface area contributed by atoms with Crippen molar-refractivity contribution < 1.29 is 9.59 Å². The normalized spacial score (nSPS) is 33.9. The van der Waals surface area contributed by atoms with Crippen molar-refractivity contribution in [2.45, 2.75) is 32.7 Å². The molecule has 3 atom stereocenters. The average Bonchev–Trinajstić information content (AvgIpc) is 2.98. The number of nitrogens with zero attached hydrogens (tertiary/aromatic N) is 2. The summed E-state index contributed by atoms with van der Waals surface area (Å²) < 4.78 is 0. The summed E-state index contributed by atoms with van der Waals surface area (Å²) in [5.41, 5.74) is 0.812. The molecule has 4 heteroatoms. The van der Waals surface area contributed by atoms with E-state index in [4.69, 9.17) is 0 Å². The van der Waals surface area contributed by atoms with E-state index >= 15 is 0 Å². The fourth-order valence-corrected chi connectivity index (χ4v) is 4.82. The number of carbonyl (C=O) groups excluding carboxylic acids is 2. The van der Waals surface area contributed by atoms with Crippen LogP contribution in [0.5, 0.6) is 0 Å². The van der Waals surface area contributed by atoms with Gasteiger partial charge in [0.05, 0.1) is 17.5 Å². The second-order valence-corrected chi connectivity index (χ2v) is 7.51. The predicted molar refractivity (Wildman–Crippen MR) is 84.3 cm³/mol. The van der Waals surface area contributed by atoms with Gasteiger partial charge < -0.3 is 0 Å². The van der Waals surface area contributed by atoms with Crippen LogP contribution in [0.25, 0.3) is 0 Å². The van der Waals surface area contributed by atoms with Crippen molar-refractivity contribution in [1.29, 1.82) is 0 Å². The number of anilines is 1. The Morgan fingerprint density at radius 2 is 1.82 bits per heavy atom.